The fraction of sp³-hybridized carbons (Fsp3) is 0.474. The maximum Gasteiger partial charge on any atom is 0.136 e. The molecule has 1 aromatic carbocycles. The van der Waals surface area contributed by atoms with E-state index in [0.717, 1.165) is 53.7 Å². The van der Waals surface area contributed by atoms with Gasteiger partial charge in [-0.2, -0.15) is 0 Å². The Morgan fingerprint density at radius 3 is 3.04 bits per heavy atom. The van der Waals surface area contributed by atoms with E-state index in [2.05, 4.69) is 16.0 Å². The van der Waals surface area contributed by atoms with Crippen molar-refractivity contribution in [1.29, 1.82) is 0 Å². The van der Waals surface area contributed by atoms with Crippen LogP contribution in [-0.4, -0.2) is 48.0 Å². The molecule has 2 aliphatic rings. The lowest BCUT2D eigenvalue weighted by Crippen LogP contribution is -2.33. The number of fused-ring (bicyclic) bond motifs is 2. The zero-order chi connectivity index (χ0) is 17.2. The zero-order valence-electron chi connectivity index (χ0n) is 14.4. The number of ether oxygens (including phenoxy) is 2. The minimum atomic E-state index is 0.0998. The van der Waals surface area contributed by atoms with Gasteiger partial charge >= 0.3 is 0 Å². The Kier molecular flexibility index (Phi) is 4.55. The van der Waals surface area contributed by atoms with Crippen LogP contribution in [0.5, 0.6) is 5.75 Å². The van der Waals surface area contributed by atoms with E-state index >= 15 is 0 Å². The Hall–Kier alpha value is -2.18. The summed E-state index contributed by atoms with van der Waals surface area (Å²) >= 11 is 0. The maximum atomic E-state index is 9.59. The summed E-state index contributed by atoms with van der Waals surface area (Å²) in [6, 6.07) is 8.12. The molecule has 25 heavy (non-hydrogen) atoms. The van der Waals surface area contributed by atoms with E-state index in [-0.39, 0.29) is 12.5 Å². The number of rotatable bonds is 2. The summed E-state index contributed by atoms with van der Waals surface area (Å²) in [5.41, 5.74) is 3.22. The molecule has 6 heteroatoms. The molecule has 4 rings (SSSR count). The van der Waals surface area contributed by atoms with Crippen molar-refractivity contribution in [1.82, 2.24) is 9.97 Å². The van der Waals surface area contributed by atoms with Crippen LogP contribution in [0.3, 0.4) is 0 Å². The molecule has 0 aliphatic carbocycles. The van der Waals surface area contributed by atoms with Crippen molar-refractivity contribution in [3.8, 4) is 5.75 Å². The molecule has 0 bridgehead atoms. The third-order valence-corrected chi connectivity index (χ3v) is 4.78. The van der Waals surface area contributed by atoms with Crippen molar-refractivity contribution in [2.24, 2.45) is 5.92 Å². The van der Waals surface area contributed by atoms with Gasteiger partial charge in [0.2, 0.25) is 0 Å². The first-order valence-corrected chi connectivity index (χ1v) is 8.75. The first kappa shape index (κ1) is 16.3. The molecule has 2 aromatic rings. The molecule has 0 amide bonds. The summed E-state index contributed by atoms with van der Waals surface area (Å²) in [4.78, 5) is 11.6. The molecular weight excluding hydrogens is 318 g/mol. The second kappa shape index (κ2) is 6.98. The number of aliphatic hydroxyl groups is 1. The van der Waals surface area contributed by atoms with Crippen LogP contribution in [0.4, 0.5) is 5.82 Å². The number of aromatic nitrogens is 2. The van der Waals surface area contributed by atoms with E-state index in [4.69, 9.17) is 14.5 Å². The van der Waals surface area contributed by atoms with Gasteiger partial charge in [0, 0.05) is 37.6 Å². The summed E-state index contributed by atoms with van der Waals surface area (Å²) in [5, 5.41) is 9.59. The molecule has 1 saturated heterocycles. The lowest BCUT2D eigenvalue weighted by molar-refractivity contribution is 0.0959. The van der Waals surface area contributed by atoms with Crippen molar-refractivity contribution in [2.45, 2.75) is 20.0 Å². The second-order valence-electron chi connectivity index (χ2n) is 6.66. The van der Waals surface area contributed by atoms with Crippen molar-refractivity contribution < 1.29 is 14.6 Å². The predicted octanol–water partition coefficient (Wildman–Crippen LogP) is 1.71. The Labute approximate surface area is 147 Å². The molecule has 0 spiro atoms. The molecule has 0 radical (unpaired) electrons. The molecule has 0 saturated carbocycles. The maximum absolute atomic E-state index is 9.59. The Balaban J connectivity index is 1.75. The Morgan fingerprint density at radius 1 is 1.28 bits per heavy atom. The van der Waals surface area contributed by atoms with Crippen LogP contribution >= 0.6 is 0 Å². The number of hydrogen-bond donors (Lipinski definition) is 1. The first-order chi connectivity index (χ1) is 12.2. The highest BCUT2D eigenvalue weighted by atomic mass is 16.5. The SMILES string of the molecule is Cc1nc2c(c(N3CCOC[C@H](CO)C3)n1)Cc1ccccc1OC2. The van der Waals surface area contributed by atoms with Crippen molar-refractivity contribution in [2.75, 3.05) is 37.8 Å². The number of anilines is 1. The molecular formula is C19H23N3O3. The number of nitrogens with zero attached hydrogens (tertiary/aromatic N) is 3. The van der Waals surface area contributed by atoms with Crippen LogP contribution in [0, 0.1) is 12.8 Å². The van der Waals surface area contributed by atoms with Gasteiger partial charge in [0.1, 0.15) is 24.0 Å². The summed E-state index contributed by atoms with van der Waals surface area (Å²) in [6.45, 7) is 5.22. The number of hydrogen-bond acceptors (Lipinski definition) is 6. The molecule has 1 atom stereocenters. The summed E-state index contributed by atoms with van der Waals surface area (Å²) < 4.78 is 11.6. The number of aliphatic hydroxyl groups excluding tert-OH is 1. The third kappa shape index (κ3) is 3.32. The van der Waals surface area contributed by atoms with Crippen LogP contribution in [0.25, 0.3) is 0 Å². The summed E-state index contributed by atoms with van der Waals surface area (Å²) in [5.74, 6) is 2.71. The van der Waals surface area contributed by atoms with E-state index in [1.165, 1.54) is 0 Å². The molecule has 6 nitrogen and oxygen atoms in total. The van der Waals surface area contributed by atoms with E-state index in [1.54, 1.807) is 0 Å². The van der Waals surface area contributed by atoms with Crippen LogP contribution in [0.2, 0.25) is 0 Å². The average Bonchev–Trinajstić information content (AvgIpc) is 2.97. The highest BCUT2D eigenvalue weighted by molar-refractivity contribution is 5.54. The van der Waals surface area contributed by atoms with Crippen LogP contribution in [0.1, 0.15) is 22.6 Å². The van der Waals surface area contributed by atoms with E-state index in [0.29, 0.717) is 19.8 Å². The summed E-state index contributed by atoms with van der Waals surface area (Å²) in [6.07, 6.45) is 0.752. The van der Waals surface area contributed by atoms with Gasteiger partial charge in [-0.05, 0) is 18.6 Å². The van der Waals surface area contributed by atoms with Crippen molar-refractivity contribution in [3.05, 3.63) is 46.9 Å². The molecule has 1 N–H and O–H groups in total. The van der Waals surface area contributed by atoms with Crippen molar-refractivity contribution in [3.63, 3.8) is 0 Å². The minimum Gasteiger partial charge on any atom is -0.487 e. The van der Waals surface area contributed by atoms with Gasteiger partial charge in [-0.3, -0.25) is 0 Å². The normalized spacial score (nSPS) is 20.1. The lowest BCUT2D eigenvalue weighted by Gasteiger charge is -2.26. The fourth-order valence-electron chi connectivity index (χ4n) is 3.51. The topological polar surface area (TPSA) is 67.7 Å². The average molecular weight is 341 g/mol. The van der Waals surface area contributed by atoms with Gasteiger partial charge in [0.05, 0.1) is 18.9 Å². The first-order valence-electron chi connectivity index (χ1n) is 8.75. The van der Waals surface area contributed by atoms with Gasteiger partial charge in [0.25, 0.3) is 0 Å². The molecule has 0 unspecified atom stereocenters. The molecule has 1 aromatic heterocycles. The van der Waals surface area contributed by atoms with Gasteiger partial charge in [0.15, 0.2) is 0 Å². The number of benzene rings is 1. The van der Waals surface area contributed by atoms with E-state index in [1.807, 2.05) is 25.1 Å². The van der Waals surface area contributed by atoms with Crippen molar-refractivity contribution >= 4 is 5.82 Å². The number of para-hydroxylation sites is 1. The van der Waals surface area contributed by atoms with E-state index < -0.39 is 0 Å². The molecule has 1 fully saturated rings. The highest BCUT2D eigenvalue weighted by Crippen LogP contribution is 2.32. The summed E-state index contributed by atoms with van der Waals surface area (Å²) in [7, 11) is 0. The second-order valence-corrected chi connectivity index (χ2v) is 6.66. The minimum absolute atomic E-state index is 0.0998. The Bertz CT molecular complexity index is 766. The largest absolute Gasteiger partial charge is 0.487 e. The zero-order valence-corrected chi connectivity index (χ0v) is 14.4. The highest BCUT2D eigenvalue weighted by Gasteiger charge is 2.26. The van der Waals surface area contributed by atoms with Gasteiger partial charge in [-0.1, -0.05) is 18.2 Å². The van der Waals surface area contributed by atoms with Crippen LogP contribution in [0.15, 0.2) is 24.3 Å². The predicted molar refractivity (Wildman–Crippen MR) is 94.0 cm³/mol. The van der Waals surface area contributed by atoms with Gasteiger partial charge in [-0.15, -0.1) is 0 Å². The molecule has 3 heterocycles. The third-order valence-electron chi connectivity index (χ3n) is 4.78. The van der Waals surface area contributed by atoms with Crippen LogP contribution in [-0.2, 0) is 17.8 Å². The van der Waals surface area contributed by atoms with Gasteiger partial charge in [-0.25, -0.2) is 9.97 Å². The smallest absolute Gasteiger partial charge is 0.136 e. The standard InChI is InChI=1S/C19H23N3O3/c1-13-20-17-12-25-18-5-3-2-4-15(18)8-16(17)19(21-13)22-6-7-24-11-14(9-22)10-23/h2-5,14,23H,6-12H2,1H3/t14-/m0/s1. The van der Waals surface area contributed by atoms with E-state index in [9.17, 15) is 5.11 Å². The monoisotopic (exact) mass is 341 g/mol. The number of aryl methyl sites for hydroxylation is 1. The lowest BCUT2D eigenvalue weighted by atomic mass is 10.0. The molecule has 2 aliphatic heterocycles. The van der Waals surface area contributed by atoms with Crippen LogP contribution < -0.4 is 9.64 Å². The Morgan fingerprint density at radius 2 is 2.16 bits per heavy atom. The molecule has 132 valence electrons. The van der Waals surface area contributed by atoms with Gasteiger partial charge < -0.3 is 19.5 Å². The fourth-order valence-corrected chi connectivity index (χ4v) is 3.51. The quantitative estimate of drug-likeness (QED) is 0.897.